The molecule has 0 bridgehead atoms. The summed E-state index contributed by atoms with van der Waals surface area (Å²) in [5.74, 6) is 0.379. The van der Waals surface area contributed by atoms with Crippen LogP contribution in [0.15, 0.2) is 76.5 Å². The van der Waals surface area contributed by atoms with Crippen LogP contribution in [0, 0.1) is 12.3 Å². The van der Waals surface area contributed by atoms with Crippen molar-refractivity contribution in [2.45, 2.75) is 30.8 Å². The molecule has 0 aromatic heterocycles. The van der Waals surface area contributed by atoms with Crippen molar-refractivity contribution >= 4 is 15.9 Å². The lowest BCUT2D eigenvalue weighted by molar-refractivity contribution is 0.0746. The number of aliphatic hydroxyl groups is 1. The van der Waals surface area contributed by atoms with Gasteiger partial charge in [0.2, 0.25) is 0 Å². The molecule has 1 saturated heterocycles. The third-order valence-electron chi connectivity index (χ3n) is 5.37. The van der Waals surface area contributed by atoms with E-state index < -0.39 is 21.5 Å². The molecule has 2 aromatic rings. The van der Waals surface area contributed by atoms with Crippen LogP contribution < -0.4 is 0 Å². The predicted molar refractivity (Wildman–Crippen MR) is 112 cm³/mol. The van der Waals surface area contributed by atoms with Gasteiger partial charge in [-0.05, 0) is 37.5 Å². The van der Waals surface area contributed by atoms with Crippen molar-refractivity contribution in [3.63, 3.8) is 0 Å². The Hall–Kier alpha value is -2.44. The summed E-state index contributed by atoms with van der Waals surface area (Å²) >= 11 is 0. The van der Waals surface area contributed by atoms with Gasteiger partial charge in [0.15, 0.2) is 0 Å². The van der Waals surface area contributed by atoms with Crippen LogP contribution in [0.25, 0.3) is 0 Å². The van der Waals surface area contributed by atoms with Crippen LogP contribution >= 0.6 is 0 Å². The molecule has 1 aliphatic heterocycles. The van der Waals surface area contributed by atoms with Gasteiger partial charge in [-0.1, -0.05) is 54.1 Å². The van der Waals surface area contributed by atoms with Crippen LogP contribution in [0.5, 0.6) is 0 Å². The monoisotopic (exact) mass is 398 g/mol. The highest BCUT2D eigenvalue weighted by atomic mass is 32.2. The number of allylic oxidation sites excluding steroid dienone is 1. The molecule has 28 heavy (non-hydrogen) atoms. The van der Waals surface area contributed by atoms with Crippen molar-refractivity contribution in [2.24, 2.45) is 9.81 Å². The summed E-state index contributed by atoms with van der Waals surface area (Å²) in [5, 5.41) is 11.2. The Bertz CT molecular complexity index is 969. The third-order valence-corrected chi connectivity index (χ3v) is 6.65. The minimum absolute atomic E-state index is 0.146. The molecule has 0 saturated carbocycles. The molecule has 1 aliphatic rings. The van der Waals surface area contributed by atoms with Crippen LogP contribution in [0.4, 0.5) is 0 Å². The lowest BCUT2D eigenvalue weighted by Gasteiger charge is -2.34. The van der Waals surface area contributed by atoms with E-state index >= 15 is 0 Å². The Kier molecular flexibility index (Phi) is 5.72. The Labute approximate surface area is 167 Å². The van der Waals surface area contributed by atoms with Gasteiger partial charge in [0.05, 0.1) is 16.4 Å². The smallest absolute Gasteiger partial charge is 0.283 e. The molecule has 1 fully saturated rings. The first kappa shape index (κ1) is 20.3. The topological polar surface area (TPSA) is 70.0 Å². The summed E-state index contributed by atoms with van der Waals surface area (Å²) in [7, 11) is -2.09. The second kappa shape index (κ2) is 7.89. The van der Waals surface area contributed by atoms with Crippen LogP contribution in [-0.2, 0) is 10.0 Å². The Balaban J connectivity index is 2.11. The van der Waals surface area contributed by atoms with E-state index in [1.165, 1.54) is 0 Å². The zero-order chi connectivity index (χ0) is 20.4. The van der Waals surface area contributed by atoms with Crippen LogP contribution in [0.1, 0.15) is 30.1 Å². The predicted octanol–water partition coefficient (Wildman–Crippen LogP) is 3.71. The highest BCUT2D eigenvalue weighted by molar-refractivity contribution is 7.90. The average molecular weight is 399 g/mol. The molecule has 5 nitrogen and oxygen atoms in total. The van der Waals surface area contributed by atoms with Gasteiger partial charge in [-0.2, -0.15) is 8.42 Å². The van der Waals surface area contributed by atoms with Crippen molar-refractivity contribution in [2.75, 3.05) is 13.6 Å². The van der Waals surface area contributed by atoms with Gasteiger partial charge in [0, 0.05) is 13.6 Å². The fourth-order valence-electron chi connectivity index (χ4n) is 3.78. The van der Waals surface area contributed by atoms with E-state index in [4.69, 9.17) is 0 Å². The first-order valence-electron chi connectivity index (χ1n) is 9.27. The molecule has 2 atom stereocenters. The number of nitrogens with zero attached hydrogens (tertiary/aromatic N) is 2. The molecule has 1 heterocycles. The van der Waals surface area contributed by atoms with Crippen molar-refractivity contribution in [1.29, 1.82) is 0 Å². The average Bonchev–Trinajstić information content (AvgIpc) is 2.99. The van der Waals surface area contributed by atoms with Gasteiger partial charge in [0.25, 0.3) is 10.0 Å². The van der Waals surface area contributed by atoms with E-state index in [0.29, 0.717) is 25.2 Å². The summed E-state index contributed by atoms with van der Waals surface area (Å²) < 4.78 is 30.2. The zero-order valence-corrected chi connectivity index (χ0v) is 17.1. The van der Waals surface area contributed by atoms with Crippen LogP contribution in [-0.4, -0.2) is 37.9 Å². The summed E-state index contributed by atoms with van der Waals surface area (Å²) in [5.41, 5.74) is 0.875. The molecule has 3 rings (SSSR count). The maximum Gasteiger partial charge on any atom is 0.283 e. The van der Waals surface area contributed by atoms with Crippen LogP contribution in [0.2, 0.25) is 0 Å². The van der Waals surface area contributed by atoms with Gasteiger partial charge < -0.3 is 10.0 Å². The number of aryl methyl sites for hydroxylation is 1. The fraction of sp³-hybridized carbons (Fsp3) is 0.318. The molecular formula is C22H26N2O3S. The molecule has 0 unspecified atom stereocenters. The number of hydrogen-bond donors (Lipinski definition) is 1. The quantitative estimate of drug-likeness (QED) is 0.753. The Morgan fingerprint density at radius 3 is 2.46 bits per heavy atom. The molecule has 0 aliphatic carbocycles. The first-order chi connectivity index (χ1) is 13.3. The van der Waals surface area contributed by atoms with E-state index in [0.717, 1.165) is 11.1 Å². The van der Waals surface area contributed by atoms with Crippen molar-refractivity contribution in [3.8, 4) is 0 Å². The largest absolute Gasteiger partial charge is 0.387 e. The summed E-state index contributed by atoms with van der Waals surface area (Å²) in [6.45, 7) is 6.35. The lowest BCUT2D eigenvalue weighted by atomic mass is 9.74. The number of amidine groups is 1. The summed E-state index contributed by atoms with van der Waals surface area (Å²) in [6.07, 6.45) is 1.85. The molecule has 0 radical (unpaired) electrons. The van der Waals surface area contributed by atoms with E-state index in [1.54, 1.807) is 30.3 Å². The normalized spacial score (nSPS) is 22.4. The SMILES string of the molecule is C=CC[C@]1([C@@H](O)c2ccccc2)CCN(C)/C1=N\S(=O)(=O)c1ccc(C)cc1. The molecule has 148 valence electrons. The summed E-state index contributed by atoms with van der Waals surface area (Å²) in [6, 6.07) is 15.9. The van der Waals surface area contributed by atoms with E-state index in [-0.39, 0.29) is 4.90 Å². The number of aliphatic hydroxyl groups excluding tert-OH is 1. The Morgan fingerprint density at radius 1 is 1.21 bits per heavy atom. The number of sulfonamides is 1. The standard InChI is InChI=1S/C22H26N2O3S/c1-4-14-22(20(25)18-8-6-5-7-9-18)15-16-24(3)21(22)23-28(26,27)19-12-10-17(2)11-13-19/h4-13,20,25H,1,14-16H2,2-3H3/b23-21-/t20-,22+/m0/s1. The summed E-state index contributed by atoms with van der Waals surface area (Å²) in [4.78, 5) is 1.97. The molecule has 0 amide bonds. The van der Waals surface area contributed by atoms with Gasteiger partial charge in [-0.15, -0.1) is 11.0 Å². The van der Waals surface area contributed by atoms with Gasteiger partial charge >= 0.3 is 0 Å². The third kappa shape index (κ3) is 3.75. The number of hydrogen-bond acceptors (Lipinski definition) is 3. The molecule has 6 heteroatoms. The number of rotatable bonds is 6. The number of benzene rings is 2. The van der Waals surface area contributed by atoms with Gasteiger partial charge in [-0.25, -0.2) is 0 Å². The van der Waals surface area contributed by atoms with Crippen molar-refractivity contribution in [1.82, 2.24) is 4.90 Å². The highest BCUT2D eigenvalue weighted by Gasteiger charge is 2.49. The second-order valence-electron chi connectivity index (χ2n) is 7.34. The molecule has 1 N–H and O–H groups in total. The molecule has 2 aromatic carbocycles. The number of likely N-dealkylation sites (tertiary alicyclic amines) is 1. The van der Waals surface area contributed by atoms with Crippen molar-refractivity contribution in [3.05, 3.63) is 78.4 Å². The van der Waals surface area contributed by atoms with Crippen LogP contribution in [0.3, 0.4) is 0 Å². The minimum atomic E-state index is -3.90. The second-order valence-corrected chi connectivity index (χ2v) is 8.94. The van der Waals surface area contributed by atoms with E-state index in [9.17, 15) is 13.5 Å². The zero-order valence-electron chi connectivity index (χ0n) is 16.2. The lowest BCUT2D eigenvalue weighted by Crippen LogP contribution is -2.38. The van der Waals surface area contributed by atoms with Gasteiger partial charge in [-0.3, -0.25) is 0 Å². The first-order valence-corrected chi connectivity index (χ1v) is 10.7. The maximum absolute atomic E-state index is 13.0. The highest BCUT2D eigenvalue weighted by Crippen LogP contribution is 2.47. The minimum Gasteiger partial charge on any atom is -0.387 e. The van der Waals surface area contributed by atoms with E-state index in [2.05, 4.69) is 11.0 Å². The maximum atomic E-state index is 13.0. The van der Waals surface area contributed by atoms with E-state index in [1.807, 2.05) is 49.2 Å². The molecular weight excluding hydrogens is 372 g/mol. The molecule has 0 spiro atoms. The Morgan fingerprint density at radius 2 is 1.86 bits per heavy atom. The van der Waals surface area contributed by atoms with Crippen molar-refractivity contribution < 1.29 is 13.5 Å². The fourth-order valence-corrected chi connectivity index (χ4v) is 4.91. The van der Waals surface area contributed by atoms with Gasteiger partial charge in [0.1, 0.15) is 5.84 Å².